The van der Waals surface area contributed by atoms with Crippen LogP contribution in [0.1, 0.15) is 42.5 Å². The summed E-state index contributed by atoms with van der Waals surface area (Å²) in [7, 11) is 1.58. The van der Waals surface area contributed by atoms with Gasteiger partial charge in [-0.1, -0.05) is 19.3 Å². The van der Waals surface area contributed by atoms with Gasteiger partial charge < -0.3 is 21.1 Å². The lowest BCUT2D eigenvalue weighted by Crippen LogP contribution is -2.55. The van der Waals surface area contributed by atoms with Gasteiger partial charge in [-0.25, -0.2) is 0 Å². The smallest absolute Gasteiger partial charge is 0.251 e. The fraction of sp³-hybridized carbons (Fsp3) is 0.529. The number of methoxy groups -OCH3 is 1. The topological polar surface area (TPSA) is 93.5 Å². The van der Waals surface area contributed by atoms with E-state index in [1.807, 2.05) is 0 Å². The molecule has 1 fully saturated rings. The number of halogens is 1. The summed E-state index contributed by atoms with van der Waals surface area (Å²) in [6.45, 7) is 0.742. The van der Waals surface area contributed by atoms with Crippen LogP contribution in [0.3, 0.4) is 0 Å². The van der Waals surface area contributed by atoms with Crippen molar-refractivity contribution in [2.24, 2.45) is 5.73 Å². The number of benzene rings is 1. The van der Waals surface area contributed by atoms with E-state index in [1.165, 1.54) is 0 Å². The van der Waals surface area contributed by atoms with Crippen molar-refractivity contribution in [3.05, 3.63) is 29.8 Å². The molecule has 0 aromatic heterocycles. The molecule has 7 heteroatoms. The molecule has 1 aromatic carbocycles. The van der Waals surface area contributed by atoms with Gasteiger partial charge in [-0.3, -0.25) is 9.59 Å². The lowest BCUT2D eigenvalue weighted by molar-refractivity contribution is -0.127. The number of carbonyl (C=O) groups excluding carboxylic acids is 2. The highest BCUT2D eigenvalue weighted by Gasteiger charge is 2.34. The molecule has 6 nitrogen and oxygen atoms in total. The fourth-order valence-electron chi connectivity index (χ4n) is 2.78. The van der Waals surface area contributed by atoms with Crippen molar-refractivity contribution >= 4 is 24.2 Å². The van der Waals surface area contributed by atoms with Crippen LogP contribution in [0.25, 0.3) is 0 Å². The van der Waals surface area contributed by atoms with Gasteiger partial charge in [-0.2, -0.15) is 0 Å². The molecule has 0 radical (unpaired) electrons. The molecule has 0 atom stereocenters. The number of rotatable bonds is 6. The van der Waals surface area contributed by atoms with Crippen molar-refractivity contribution in [1.82, 2.24) is 10.6 Å². The predicted octanol–water partition coefficient (Wildman–Crippen LogP) is 1.62. The first-order valence-corrected chi connectivity index (χ1v) is 8.04. The second-order valence-corrected chi connectivity index (χ2v) is 5.96. The second-order valence-electron chi connectivity index (χ2n) is 5.96. The van der Waals surface area contributed by atoms with Gasteiger partial charge in [-0.15, -0.1) is 12.4 Å². The minimum atomic E-state index is -0.738. The highest BCUT2D eigenvalue weighted by Crippen LogP contribution is 2.25. The van der Waals surface area contributed by atoms with Crippen molar-refractivity contribution in [3.63, 3.8) is 0 Å². The van der Waals surface area contributed by atoms with Crippen LogP contribution in [0.5, 0.6) is 5.75 Å². The molecule has 0 unspecified atom stereocenters. The van der Waals surface area contributed by atoms with E-state index in [4.69, 9.17) is 10.5 Å². The Labute approximate surface area is 148 Å². The summed E-state index contributed by atoms with van der Waals surface area (Å²) in [5, 5.41) is 5.59. The van der Waals surface area contributed by atoms with Crippen LogP contribution in [0.2, 0.25) is 0 Å². The zero-order valence-corrected chi connectivity index (χ0v) is 14.8. The van der Waals surface area contributed by atoms with Gasteiger partial charge in [0.1, 0.15) is 5.75 Å². The van der Waals surface area contributed by atoms with Crippen molar-refractivity contribution in [2.45, 2.75) is 37.6 Å². The van der Waals surface area contributed by atoms with E-state index in [9.17, 15) is 9.59 Å². The fourth-order valence-corrected chi connectivity index (χ4v) is 2.78. The van der Waals surface area contributed by atoms with E-state index in [1.54, 1.807) is 31.4 Å². The van der Waals surface area contributed by atoms with Crippen LogP contribution < -0.4 is 21.1 Å². The van der Waals surface area contributed by atoms with Crippen LogP contribution in [-0.4, -0.2) is 37.6 Å². The Kier molecular flexibility index (Phi) is 8.01. The molecule has 134 valence electrons. The van der Waals surface area contributed by atoms with Crippen molar-refractivity contribution < 1.29 is 14.3 Å². The Morgan fingerprint density at radius 2 is 1.67 bits per heavy atom. The minimum absolute atomic E-state index is 0. The first kappa shape index (κ1) is 20.3. The quantitative estimate of drug-likeness (QED) is 0.676. The van der Waals surface area contributed by atoms with Gasteiger partial charge in [0.15, 0.2) is 0 Å². The van der Waals surface area contributed by atoms with E-state index < -0.39 is 5.54 Å². The largest absolute Gasteiger partial charge is 0.497 e. The minimum Gasteiger partial charge on any atom is -0.497 e. The number of amides is 2. The second kappa shape index (κ2) is 9.49. The number of nitrogens with two attached hydrogens (primary N) is 1. The van der Waals surface area contributed by atoms with E-state index in [2.05, 4.69) is 10.6 Å². The van der Waals surface area contributed by atoms with Crippen molar-refractivity contribution in [2.75, 3.05) is 20.2 Å². The molecule has 1 saturated carbocycles. The average Bonchev–Trinajstić information content (AvgIpc) is 2.59. The van der Waals surface area contributed by atoms with Gasteiger partial charge in [-0.05, 0) is 37.1 Å². The molecule has 2 amide bonds. The Bertz CT molecular complexity index is 543. The van der Waals surface area contributed by atoms with E-state index in [-0.39, 0.29) is 24.2 Å². The van der Waals surface area contributed by atoms with Gasteiger partial charge >= 0.3 is 0 Å². The normalized spacial score (nSPS) is 15.8. The molecule has 24 heavy (non-hydrogen) atoms. The summed E-state index contributed by atoms with van der Waals surface area (Å²) in [5.41, 5.74) is 5.97. The van der Waals surface area contributed by atoms with Crippen LogP contribution in [-0.2, 0) is 4.79 Å². The lowest BCUT2D eigenvalue weighted by Gasteiger charge is -2.31. The summed E-state index contributed by atoms with van der Waals surface area (Å²) in [4.78, 5) is 24.1. The third kappa shape index (κ3) is 5.39. The molecule has 1 aliphatic rings. The summed E-state index contributed by atoms with van der Waals surface area (Å²) in [5.74, 6) is 0.410. The Hall–Kier alpha value is -1.79. The monoisotopic (exact) mass is 355 g/mol. The molecule has 0 heterocycles. The maximum atomic E-state index is 12.1. The number of nitrogens with one attached hydrogen (secondary N) is 2. The number of carbonyl (C=O) groups is 2. The Morgan fingerprint density at radius 3 is 2.25 bits per heavy atom. The van der Waals surface area contributed by atoms with Crippen molar-refractivity contribution in [1.29, 1.82) is 0 Å². The summed E-state index contributed by atoms with van der Waals surface area (Å²) in [6.07, 6.45) is 4.61. The summed E-state index contributed by atoms with van der Waals surface area (Å²) >= 11 is 0. The van der Waals surface area contributed by atoms with Crippen molar-refractivity contribution in [3.8, 4) is 5.75 Å². The molecule has 1 aromatic rings. The van der Waals surface area contributed by atoms with E-state index >= 15 is 0 Å². The third-order valence-corrected chi connectivity index (χ3v) is 4.25. The predicted molar refractivity (Wildman–Crippen MR) is 95.6 cm³/mol. The van der Waals surface area contributed by atoms with E-state index in [0.29, 0.717) is 24.4 Å². The third-order valence-electron chi connectivity index (χ3n) is 4.25. The molecular formula is C17H26ClN3O3. The molecule has 4 N–H and O–H groups in total. The zero-order chi connectivity index (χ0) is 16.7. The van der Waals surface area contributed by atoms with Crippen LogP contribution in [0.15, 0.2) is 24.3 Å². The molecule has 0 aliphatic heterocycles. The van der Waals surface area contributed by atoms with Gasteiger partial charge in [0.05, 0.1) is 12.6 Å². The molecule has 2 rings (SSSR count). The Balaban J connectivity index is 0.00000288. The number of hydrogen-bond donors (Lipinski definition) is 3. The van der Waals surface area contributed by atoms with Crippen LogP contribution >= 0.6 is 12.4 Å². The molecule has 0 spiro atoms. The SMILES string of the molecule is COc1ccc(C(=O)NCCNC(=O)C2(N)CCCCC2)cc1.Cl. The first-order valence-electron chi connectivity index (χ1n) is 8.04. The molecular weight excluding hydrogens is 330 g/mol. The number of ether oxygens (including phenoxy) is 1. The maximum Gasteiger partial charge on any atom is 0.251 e. The van der Waals surface area contributed by atoms with E-state index in [0.717, 1.165) is 32.1 Å². The number of hydrogen-bond acceptors (Lipinski definition) is 4. The highest BCUT2D eigenvalue weighted by molar-refractivity contribution is 5.94. The summed E-state index contributed by atoms with van der Waals surface area (Å²) in [6, 6.07) is 6.86. The lowest BCUT2D eigenvalue weighted by atomic mass is 9.82. The van der Waals surface area contributed by atoms with Gasteiger partial charge in [0, 0.05) is 18.7 Å². The highest BCUT2D eigenvalue weighted by atomic mass is 35.5. The van der Waals surface area contributed by atoms with Crippen LogP contribution in [0.4, 0.5) is 0 Å². The molecule has 0 bridgehead atoms. The average molecular weight is 356 g/mol. The molecule has 0 saturated heterocycles. The molecule has 1 aliphatic carbocycles. The van der Waals surface area contributed by atoms with Crippen LogP contribution in [0, 0.1) is 0 Å². The first-order chi connectivity index (χ1) is 11.0. The maximum absolute atomic E-state index is 12.1. The zero-order valence-electron chi connectivity index (χ0n) is 14.0. The summed E-state index contributed by atoms with van der Waals surface area (Å²) < 4.78 is 5.05. The van der Waals surface area contributed by atoms with Gasteiger partial charge in [0.25, 0.3) is 5.91 Å². The standard InChI is InChI=1S/C17H25N3O3.ClH/c1-23-14-7-5-13(6-8-14)15(21)19-11-12-20-16(22)17(18)9-3-2-4-10-17;/h5-8H,2-4,9-12,18H2,1H3,(H,19,21)(H,20,22);1H. The Morgan fingerprint density at radius 1 is 1.08 bits per heavy atom. The van der Waals surface area contributed by atoms with Gasteiger partial charge in [0.2, 0.25) is 5.91 Å².